The predicted octanol–water partition coefficient (Wildman–Crippen LogP) is 5.19. The molecule has 1 fully saturated rings. The smallest absolute Gasteiger partial charge is 0.348 e. The second-order valence-electron chi connectivity index (χ2n) is 12.3. The molecule has 42 heavy (non-hydrogen) atoms. The molecule has 0 bridgehead atoms. The Morgan fingerprint density at radius 1 is 1.05 bits per heavy atom. The molecule has 0 heterocycles. The molecule has 6 atom stereocenters. The standard InChI is InChI=1S/C33H42F3N5O/c34-33(35,36)30(38)18-29(40-25-10-3-6-22(16-25)19-37)32(42)41-26-11-4-9-24(17-26)31(39-20-21-14-15-21)28-13-5-8-23-7-1-2-12-27(23)28/h2-4,6,9,12,16-17,21,23,25-26,29-31,39-40H,1,5,7-8,10-11,13-15,18,20,38H2,(H,41,42). The molecule has 0 aromatic heterocycles. The van der Waals surface area contributed by atoms with Gasteiger partial charge in [-0.25, -0.2) is 0 Å². The summed E-state index contributed by atoms with van der Waals surface area (Å²) in [5, 5.41) is 19.1. The van der Waals surface area contributed by atoms with E-state index in [-0.39, 0.29) is 12.1 Å². The Morgan fingerprint density at radius 2 is 1.83 bits per heavy atom. The molecule has 5 aliphatic rings. The molecule has 0 radical (unpaired) electrons. The van der Waals surface area contributed by atoms with E-state index < -0.39 is 36.6 Å². The summed E-state index contributed by atoms with van der Waals surface area (Å²) >= 11 is 0. The highest BCUT2D eigenvalue weighted by Gasteiger charge is 2.40. The van der Waals surface area contributed by atoms with Gasteiger partial charge in [0, 0.05) is 11.6 Å². The zero-order valence-corrected chi connectivity index (χ0v) is 24.0. The van der Waals surface area contributed by atoms with Gasteiger partial charge in [-0.05, 0) is 111 Å². The van der Waals surface area contributed by atoms with Crippen molar-refractivity contribution in [2.45, 2.75) is 101 Å². The first kappa shape index (κ1) is 30.5. The highest BCUT2D eigenvalue weighted by Crippen LogP contribution is 2.40. The van der Waals surface area contributed by atoms with Crippen LogP contribution in [-0.2, 0) is 4.79 Å². The van der Waals surface area contributed by atoms with Gasteiger partial charge in [0.2, 0.25) is 5.91 Å². The summed E-state index contributed by atoms with van der Waals surface area (Å²) < 4.78 is 40.2. The molecule has 0 aromatic rings. The van der Waals surface area contributed by atoms with Crippen LogP contribution in [0.1, 0.15) is 64.2 Å². The van der Waals surface area contributed by atoms with E-state index in [1.54, 1.807) is 18.2 Å². The molecule has 9 heteroatoms. The zero-order valence-electron chi connectivity index (χ0n) is 24.0. The molecule has 6 nitrogen and oxygen atoms in total. The average molecular weight is 582 g/mol. The largest absolute Gasteiger partial charge is 0.403 e. The number of hydrogen-bond donors (Lipinski definition) is 4. The van der Waals surface area contributed by atoms with Crippen molar-refractivity contribution < 1.29 is 18.0 Å². The van der Waals surface area contributed by atoms with Gasteiger partial charge in [-0.3, -0.25) is 10.1 Å². The van der Waals surface area contributed by atoms with E-state index in [9.17, 15) is 23.2 Å². The van der Waals surface area contributed by atoms with Gasteiger partial charge in [-0.2, -0.15) is 18.4 Å². The number of nitrogens with zero attached hydrogens (tertiary/aromatic N) is 1. The molecule has 1 amide bonds. The molecule has 226 valence electrons. The zero-order chi connectivity index (χ0) is 29.7. The first-order valence-electron chi connectivity index (χ1n) is 15.4. The third-order valence-electron chi connectivity index (χ3n) is 9.04. The highest BCUT2D eigenvalue weighted by molar-refractivity contribution is 5.82. The number of allylic oxidation sites excluding steroid dienone is 5. The Bertz CT molecular complexity index is 1230. The molecule has 5 rings (SSSR count). The monoisotopic (exact) mass is 581 g/mol. The maximum absolute atomic E-state index is 13.5. The fraction of sp³-hybridized carbons (Fsp3) is 0.576. The van der Waals surface area contributed by atoms with Crippen LogP contribution in [0.2, 0.25) is 0 Å². The van der Waals surface area contributed by atoms with Crippen LogP contribution >= 0.6 is 0 Å². The third kappa shape index (κ3) is 7.91. The van der Waals surface area contributed by atoms with Gasteiger partial charge in [0.25, 0.3) is 0 Å². The number of fused-ring (bicyclic) bond motifs is 1. The SMILES string of the molecule is N#CC1=CC(NC(CC(N)C(F)(F)F)C(=O)NC2C=C(C(NCC3CC3)C3=C4C=CCCC4CCC3)C=CC2)CC=C1. The molecule has 5 N–H and O–H groups in total. The minimum atomic E-state index is -4.62. The van der Waals surface area contributed by atoms with E-state index >= 15 is 0 Å². The summed E-state index contributed by atoms with van der Waals surface area (Å²) in [5.41, 5.74) is 9.87. The Labute approximate surface area is 246 Å². The Hall–Kier alpha value is -2.93. The van der Waals surface area contributed by atoms with Crippen LogP contribution < -0.4 is 21.7 Å². The molecular formula is C33H42F3N5O. The van der Waals surface area contributed by atoms with Crippen molar-refractivity contribution in [2.24, 2.45) is 17.6 Å². The van der Waals surface area contributed by atoms with Crippen LogP contribution in [0.15, 0.2) is 70.9 Å². The number of halogens is 3. The van der Waals surface area contributed by atoms with Crippen molar-refractivity contribution in [3.8, 4) is 6.07 Å². The van der Waals surface area contributed by atoms with Gasteiger partial charge in [0.15, 0.2) is 0 Å². The van der Waals surface area contributed by atoms with Gasteiger partial charge in [0.05, 0.1) is 24.2 Å². The Balaban J connectivity index is 1.34. The van der Waals surface area contributed by atoms with E-state index in [1.807, 2.05) is 12.1 Å². The lowest BCUT2D eigenvalue weighted by Gasteiger charge is -2.35. The van der Waals surface area contributed by atoms with Crippen LogP contribution in [0, 0.1) is 23.2 Å². The first-order chi connectivity index (χ1) is 20.2. The van der Waals surface area contributed by atoms with Crippen LogP contribution in [0.3, 0.4) is 0 Å². The predicted molar refractivity (Wildman–Crippen MR) is 158 cm³/mol. The number of nitrogens with one attached hydrogen (secondary N) is 3. The van der Waals surface area contributed by atoms with Crippen molar-refractivity contribution in [2.75, 3.05) is 6.54 Å². The maximum atomic E-state index is 13.5. The summed E-state index contributed by atoms with van der Waals surface area (Å²) in [5.74, 6) is 0.782. The average Bonchev–Trinajstić information content (AvgIpc) is 3.81. The van der Waals surface area contributed by atoms with Crippen molar-refractivity contribution in [1.82, 2.24) is 16.0 Å². The van der Waals surface area contributed by atoms with Gasteiger partial charge >= 0.3 is 6.18 Å². The van der Waals surface area contributed by atoms with Crippen molar-refractivity contribution >= 4 is 5.91 Å². The minimum Gasteiger partial charge on any atom is -0.348 e. The van der Waals surface area contributed by atoms with Crippen molar-refractivity contribution in [3.05, 3.63) is 70.9 Å². The van der Waals surface area contributed by atoms with E-state index in [0.29, 0.717) is 30.3 Å². The minimum absolute atomic E-state index is 0.0539. The summed E-state index contributed by atoms with van der Waals surface area (Å²) in [7, 11) is 0. The summed E-state index contributed by atoms with van der Waals surface area (Å²) in [6.07, 6.45) is 20.0. The number of rotatable bonds is 11. The third-order valence-corrected chi connectivity index (χ3v) is 9.04. The van der Waals surface area contributed by atoms with E-state index in [4.69, 9.17) is 5.73 Å². The fourth-order valence-corrected chi connectivity index (χ4v) is 6.56. The summed E-state index contributed by atoms with van der Waals surface area (Å²) in [6, 6.07) is -2.01. The fourth-order valence-electron chi connectivity index (χ4n) is 6.56. The molecular weight excluding hydrogens is 539 g/mol. The summed E-state index contributed by atoms with van der Waals surface area (Å²) in [4.78, 5) is 13.5. The molecule has 0 spiro atoms. The molecule has 0 aliphatic heterocycles. The maximum Gasteiger partial charge on any atom is 0.403 e. The number of carbonyl (C=O) groups is 1. The number of alkyl halides is 3. The van der Waals surface area contributed by atoms with Gasteiger partial charge in [-0.15, -0.1) is 0 Å². The molecule has 0 saturated heterocycles. The van der Waals surface area contributed by atoms with Crippen LogP contribution in [0.5, 0.6) is 0 Å². The molecule has 6 unspecified atom stereocenters. The van der Waals surface area contributed by atoms with Crippen LogP contribution in [-0.4, -0.2) is 48.8 Å². The topological polar surface area (TPSA) is 103 Å². The first-order valence-corrected chi connectivity index (χ1v) is 15.4. The Kier molecular flexibility index (Phi) is 9.87. The lowest BCUT2D eigenvalue weighted by molar-refractivity contribution is -0.151. The van der Waals surface area contributed by atoms with Crippen molar-refractivity contribution in [3.63, 3.8) is 0 Å². The lowest BCUT2D eigenvalue weighted by atomic mass is 9.74. The van der Waals surface area contributed by atoms with Crippen molar-refractivity contribution in [1.29, 1.82) is 5.26 Å². The normalized spacial score (nSPS) is 27.8. The van der Waals surface area contributed by atoms with Gasteiger partial charge in [-0.1, -0.05) is 36.5 Å². The van der Waals surface area contributed by atoms with Crippen LogP contribution in [0.4, 0.5) is 13.2 Å². The number of nitrogens with two attached hydrogens (primary N) is 1. The molecule has 1 saturated carbocycles. The number of nitriles is 1. The number of carbonyl (C=O) groups excluding carboxylic acids is 1. The quantitative estimate of drug-likeness (QED) is 0.269. The van der Waals surface area contributed by atoms with Gasteiger partial charge < -0.3 is 16.4 Å². The van der Waals surface area contributed by atoms with E-state index in [1.165, 1.54) is 43.3 Å². The highest BCUT2D eigenvalue weighted by atomic mass is 19.4. The number of amides is 1. The summed E-state index contributed by atoms with van der Waals surface area (Å²) in [6.45, 7) is 0.952. The molecule has 0 aromatic carbocycles. The second kappa shape index (κ2) is 13.6. The molecule has 5 aliphatic carbocycles. The second-order valence-corrected chi connectivity index (χ2v) is 12.3. The van der Waals surface area contributed by atoms with E-state index in [0.717, 1.165) is 25.0 Å². The lowest BCUT2D eigenvalue weighted by Crippen LogP contribution is -2.54. The van der Waals surface area contributed by atoms with E-state index in [2.05, 4.69) is 40.3 Å². The number of hydrogen-bond acceptors (Lipinski definition) is 5. The Morgan fingerprint density at radius 3 is 2.60 bits per heavy atom. The van der Waals surface area contributed by atoms with Gasteiger partial charge in [0.1, 0.15) is 6.04 Å². The van der Waals surface area contributed by atoms with Crippen LogP contribution in [0.25, 0.3) is 0 Å².